The molecule has 0 aliphatic heterocycles. The molecule has 1 fully saturated rings. The van der Waals surface area contributed by atoms with E-state index in [1.54, 1.807) is 0 Å². The van der Waals surface area contributed by atoms with Gasteiger partial charge in [0.15, 0.2) is 0 Å². The van der Waals surface area contributed by atoms with E-state index in [-0.39, 0.29) is 12.4 Å². The van der Waals surface area contributed by atoms with Crippen LogP contribution in [0.1, 0.15) is 37.3 Å². The van der Waals surface area contributed by atoms with E-state index in [0.717, 1.165) is 24.2 Å². The summed E-state index contributed by atoms with van der Waals surface area (Å²) in [7, 11) is 0. The molecule has 0 amide bonds. The van der Waals surface area contributed by atoms with Gasteiger partial charge in [0.1, 0.15) is 5.82 Å². The van der Waals surface area contributed by atoms with Gasteiger partial charge >= 0.3 is 0 Å². The fraction of sp³-hybridized carbons (Fsp3) is 0.500. The Morgan fingerprint density at radius 1 is 1.42 bits per heavy atom. The fourth-order valence-electron chi connectivity index (χ4n) is 2.17. The number of hydrogen-bond acceptors (Lipinski definition) is 2. The first-order chi connectivity index (χ1) is 9.24. The third kappa shape index (κ3) is 4.05. The Kier molecular flexibility index (Phi) is 4.95. The monoisotopic (exact) mass is 261 g/mol. The van der Waals surface area contributed by atoms with Gasteiger partial charge in [0.2, 0.25) is 0 Å². The van der Waals surface area contributed by atoms with Crippen LogP contribution in [-0.2, 0) is 6.54 Å². The van der Waals surface area contributed by atoms with Crippen LogP contribution in [0.3, 0.4) is 0 Å². The van der Waals surface area contributed by atoms with Gasteiger partial charge in [-0.15, -0.1) is 0 Å². The predicted octanol–water partition coefficient (Wildman–Crippen LogP) is 2.54. The molecule has 1 aliphatic carbocycles. The summed E-state index contributed by atoms with van der Waals surface area (Å²) >= 11 is 0. The first-order valence-corrected chi connectivity index (χ1v) is 6.86. The lowest BCUT2D eigenvalue weighted by Crippen LogP contribution is -2.25. The van der Waals surface area contributed by atoms with Gasteiger partial charge in [0.05, 0.1) is 6.61 Å². The Hall–Kier alpha value is -1.37. The van der Waals surface area contributed by atoms with Crippen LogP contribution >= 0.6 is 0 Å². The smallest absolute Gasteiger partial charge is 0.124 e. The SMILES string of the molecule is CCN(Cc1ccc(F)cc1C#CCCO)C1CC1. The van der Waals surface area contributed by atoms with E-state index in [9.17, 15) is 4.39 Å². The summed E-state index contributed by atoms with van der Waals surface area (Å²) in [6.45, 7) is 4.02. The minimum absolute atomic E-state index is 0.0425. The van der Waals surface area contributed by atoms with Gasteiger partial charge in [-0.3, -0.25) is 4.90 Å². The first kappa shape index (κ1) is 14.0. The summed E-state index contributed by atoms with van der Waals surface area (Å²) in [5.74, 6) is 5.58. The van der Waals surface area contributed by atoms with Crippen LogP contribution in [0.4, 0.5) is 4.39 Å². The highest BCUT2D eigenvalue weighted by atomic mass is 19.1. The van der Waals surface area contributed by atoms with Crippen LogP contribution in [-0.4, -0.2) is 29.2 Å². The second-order valence-electron chi connectivity index (χ2n) is 4.87. The van der Waals surface area contributed by atoms with Crippen molar-refractivity contribution in [1.29, 1.82) is 0 Å². The van der Waals surface area contributed by atoms with Gasteiger partial charge in [-0.1, -0.05) is 24.8 Å². The molecule has 0 bridgehead atoms. The first-order valence-electron chi connectivity index (χ1n) is 6.86. The standard InChI is InChI=1S/C16H20FNO/c1-2-18(16-8-9-16)12-14-6-7-15(17)11-13(14)5-3-4-10-19/h6-7,11,16,19H,2,4,8-10,12H2,1H3. The minimum atomic E-state index is -0.258. The summed E-state index contributed by atoms with van der Waals surface area (Å²) in [4.78, 5) is 2.41. The average molecular weight is 261 g/mol. The van der Waals surface area contributed by atoms with Crippen LogP contribution < -0.4 is 0 Å². The van der Waals surface area contributed by atoms with Crippen molar-refractivity contribution in [3.05, 3.63) is 35.1 Å². The largest absolute Gasteiger partial charge is 0.395 e. The van der Waals surface area contributed by atoms with Crippen molar-refractivity contribution >= 4 is 0 Å². The molecular weight excluding hydrogens is 241 g/mol. The lowest BCUT2D eigenvalue weighted by Gasteiger charge is -2.20. The maximum atomic E-state index is 13.3. The zero-order chi connectivity index (χ0) is 13.7. The second-order valence-corrected chi connectivity index (χ2v) is 4.87. The summed E-state index contributed by atoms with van der Waals surface area (Å²) in [6.07, 6.45) is 2.96. The number of hydrogen-bond donors (Lipinski definition) is 1. The number of rotatable bonds is 5. The van der Waals surface area contributed by atoms with E-state index in [2.05, 4.69) is 23.7 Å². The van der Waals surface area contributed by atoms with Crippen molar-refractivity contribution in [3.63, 3.8) is 0 Å². The molecule has 1 aromatic carbocycles. The van der Waals surface area contributed by atoms with Crippen molar-refractivity contribution < 1.29 is 9.50 Å². The maximum absolute atomic E-state index is 13.3. The molecule has 19 heavy (non-hydrogen) atoms. The van der Waals surface area contributed by atoms with Crippen molar-refractivity contribution in [1.82, 2.24) is 4.90 Å². The quantitative estimate of drug-likeness (QED) is 0.823. The summed E-state index contributed by atoms with van der Waals surface area (Å²) in [6, 6.07) is 5.49. The number of aliphatic hydroxyl groups excluding tert-OH is 1. The van der Waals surface area contributed by atoms with Crippen molar-refractivity contribution in [2.45, 2.75) is 38.8 Å². The highest BCUT2D eigenvalue weighted by Gasteiger charge is 2.27. The van der Waals surface area contributed by atoms with Gasteiger partial charge < -0.3 is 5.11 Å². The molecule has 0 unspecified atom stereocenters. The lowest BCUT2D eigenvalue weighted by atomic mass is 10.1. The Bertz CT molecular complexity index is 485. The Balaban J connectivity index is 2.16. The molecule has 0 saturated heterocycles. The van der Waals surface area contributed by atoms with Crippen LogP contribution in [0.15, 0.2) is 18.2 Å². The van der Waals surface area contributed by atoms with Gasteiger partial charge in [-0.25, -0.2) is 4.39 Å². The molecule has 1 saturated carbocycles. The van der Waals surface area contributed by atoms with Crippen LogP contribution in [0.25, 0.3) is 0 Å². The van der Waals surface area contributed by atoms with E-state index in [1.807, 2.05) is 6.07 Å². The zero-order valence-electron chi connectivity index (χ0n) is 11.3. The predicted molar refractivity (Wildman–Crippen MR) is 74.1 cm³/mol. The third-order valence-corrected chi connectivity index (χ3v) is 3.37. The molecule has 0 heterocycles. The molecule has 0 aromatic heterocycles. The second kappa shape index (κ2) is 6.70. The summed E-state index contributed by atoms with van der Waals surface area (Å²) < 4.78 is 13.3. The molecule has 3 heteroatoms. The highest BCUT2D eigenvalue weighted by molar-refractivity contribution is 5.41. The van der Waals surface area contributed by atoms with Gasteiger partial charge in [-0.05, 0) is 37.1 Å². The van der Waals surface area contributed by atoms with Crippen molar-refractivity contribution in [2.75, 3.05) is 13.2 Å². The molecule has 0 atom stereocenters. The van der Waals surface area contributed by atoms with Crippen LogP contribution in [0.5, 0.6) is 0 Å². The molecule has 1 aromatic rings. The number of benzene rings is 1. The number of aliphatic hydroxyl groups is 1. The van der Waals surface area contributed by atoms with Crippen molar-refractivity contribution in [3.8, 4) is 11.8 Å². The molecule has 102 valence electrons. The van der Waals surface area contributed by atoms with E-state index in [1.165, 1.54) is 25.0 Å². The van der Waals surface area contributed by atoms with Gasteiger partial charge in [0.25, 0.3) is 0 Å². The van der Waals surface area contributed by atoms with Crippen LogP contribution in [0, 0.1) is 17.7 Å². The number of nitrogens with zero attached hydrogens (tertiary/aromatic N) is 1. The van der Waals surface area contributed by atoms with E-state index in [4.69, 9.17) is 5.11 Å². The molecular formula is C16H20FNO. The normalized spacial score (nSPS) is 14.3. The fourth-order valence-corrected chi connectivity index (χ4v) is 2.17. The molecule has 2 rings (SSSR count). The molecule has 2 nitrogen and oxygen atoms in total. The molecule has 1 N–H and O–H groups in total. The Morgan fingerprint density at radius 3 is 2.84 bits per heavy atom. The van der Waals surface area contributed by atoms with E-state index >= 15 is 0 Å². The van der Waals surface area contributed by atoms with Gasteiger partial charge in [0, 0.05) is 24.6 Å². The highest BCUT2D eigenvalue weighted by Crippen LogP contribution is 2.28. The zero-order valence-corrected chi connectivity index (χ0v) is 11.3. The van der Waals surface area contributed by atoms with Crippen molar-refractivity contribution in [2.24, 2.45) is 0 Å². The van der Waals surface area contributed by atoms with Crippen LogP contribution in [0.2, 0.25) is 0 Å². The summed E-state index contributed by atoms with van der Waals surface area (Å²) in [5, 5.41) is 8.75. The maximum Gasteiger partial charge on any atom is 0.124 e. The topological polar surface area (TPSA) is 23.5 Å². The Morgan fingerprint density at radius 2 is 2.21 bits per heavy atom. The number of halogens is 1. The third-order valence-electron chi connectivity index (χ3n) is 3.37. The molecule has 0 spiro atoms. The molecule has 1 aliphatic rings. The van der Waals surface area contributed by atoms with E-state index in [0.29, 0.717) is 12.5 Å². The van der Waals surface area contributed by atoms with E-state index < -0.39 is 0 Å². The minimum Gasteiger partial charge on any atom is -0.395 e. The Labute approximate surface area is 114 Å². The lowest BCUT2D eigenvalue weighted by molar-refractivity contribution is 0.269. The van der Waals surface area contributed by atoms with Gasteiger partial charge in [-0.2, -0.15) is 0 Å². The average Bonchev–Trinajstić information content (AvgIpc) is 3.22. The molecule has 0 radical (unpaired) electrons. The summed E-state index contributed by atoms with van der Waals surface area (Å²) in [5.41, 5.74) is 1.81.